The Kier molecular flexibility index (Phi) is 4.02. The molecule has 112 valence electrons. The number of carboxylic acids is 1. The van der Waals surface area contributed by atoms with Gasteiger partial charge in [-0.3, -0.25) is 0 Å². The van der Waals surface area contributed by atoms with Crippen molar-refractivity contribution in [3.05, 3.63) is 47.3 Å². The van der Waals surface area contributed by atoms with Gasteiger partial charge in [-0.05, 0) is 5.92 Å². The maximum absolute atomic E-state index is 14.3. The molecule has 7 heteroatoms. The molecule has 0 atom stereocenters. The Bertz CT molecular complexity index is 639. The SMILES string of the molecule is CC(C)c1c(C(=O)O)nnn1CC(F)(F)c1ccccc1. The Morgan fingerprint density at radius 3 is 2.48 bits per heavy atom. The lowest BCUT2D eigenvalue weighted by Crippen LogP contribution is -2.24. The third-order valence-corrected chi connectivity index (χ3v) is 3.07. The molecule has 0 bridgehead atoms. The number of aromatic nitrogens is 3. The monoisotopic (exact) mass is 295 g/mol. The average Bonchev–Trinajstić information content (AvgIpc) is 2.83. The van der Waals surface area contributed by atoms with E-state index >= 15 is 0 Å². The van der Waals surface area contributed by atoms with Crippen LogP contribution in [0.15, 0.2) is 30.3 Å². The maximum atomic E-state index is 14.3. The summed E-state index contributed by atoms with van der Waals surface area (Å²) in [6.45, 7) is 2.68. The summed E-state index contributed by atoms with van der Waals surface area (Å²) < 4.78 is 29.5. The number of hydrogen-bond donors (Lipinski definition) is 1. The van der Waals surface area contributed by atoms with Crippen molar-refractivity contribution in [3.63, 3.8) is 0 Å². The van der Waals surface area contributed by atoms with E-state index in [0.717, 1.165) is 4.68 Å². The van der Waals surface area contributed by atoms with Crippen molar-refractivity contribution < 1.29 is 18.7 Å². The first kappa shape index (κ1) is 15.1. The largest absolute Gasteiger partial charge is 0.476 e. The summed E-state index contributed by atoms with van der Waals surface area (Å²) in [6.07, 6.45) is 0. The van der Waals surface area contributed by atoms with Gasteiger partial charge >= 0.3 is 5.97 Å². The molecule has 0 saturated heterocycles. The van der Waals surface area contributed by atoms with Crippen molar-refractivity contribution in [2.75, 3.05) is 0 Å². The van der Waals surface area contributed by atoms with E-state index in [-0.39, 0.29) is 22.9 Å². The van der Waals surface area contributed by atoms with Crippen LogP contribution in [0.1, 0.15) is 41.5 Å². The Balaban J connectivity index is 2.38. The molecule has 0 spiro atoms. The first-order valence-electron chi connectivity index (χ1n) is 6.43. The lowest BCUT2D eigenvalue weighted by molar-refractivity contribution is -0.0267. The molecule has 0 aliphatic rings. The number of alkyl halides is 2. The number of carbonyl (C=O) groups is 1. The number of benzene rings is 1. The Morgan fingerprint density at radius 2 is 1.95 bits per heavy atom. The van der Waals surface area contributed by atoms with Gasteiger partial charge in [-0.25, -0.2) is 9.48 Å². The molecule has 0 saturated carbocycles. The van der Waals surface area contributed by atoms with E-state index < -0.39 is 18.4 Å². The van der Waals surface area contributed by atoms with Gasteiger partial charge in [0.25, 0.3) is 5.92 Å². The van der Waals surface area contributed by atoms with Crippen LogP contribution in [0.5, 0.6) is 0 Å². The quantitative estimate of drug-likeness (QED) is 0.921. The van der Waals surface area contributed by atoms with Gasteiger partial charge in [-0.15, -0.1) is 5.10 Å². The molecule has 1 aromatic carbocycles. The molecule has 0 unspecified atom stereocenters. The van der Waals surface area contributed by atoms with E-state index in [1.807, 2.05) is 0 Å². The van der Waals surface area contributed by atoms with Crippen LogP contribution in [0, 0.1) is 0 Å². The molecule has 2 rings (SSSR count). The van der Waals surface area contributed by atoms with Gasteiger partial charge < -0.3 is 5.11 Å². The van der Waals surface area contributed by atoms with Crippen molar-refractivity contribution >= 4 is 5.97 Å². The average molecular weight is 295 g/mol. The fourth-order valence-corrected chi connectivity index (χ4v) is 2.12. The lowest BCUT2D eigenvalue weighted by atomic mass is 10.1. The lowest BCUT2D eigenvalue weighted by Gasteiger charge is -2.18. The van der Waals surface area contributed by atoms with Crippen molar-refractivity contribution in [1.82, 2.24) is 15.0 Å². The van der Waals surface area contributed by atoms with Gasteiger partial charge in [0, 0.05) is 5.56 Å². The molecule has 1 heterocycles. The van der Waals surface area contributed by atoms with Crippen molar-refractivity contribution in [2.45, 2.75) is 32.2 Å². The summed E-state index contributed by atoms with van der Waals surface area (Å²) in [5.74, 6) is -4.71. The minimum atomic E-state index is -3.16. The zero-order chi connectivity index (χ0) is 15.6. The number of hydrogen-bond acceptors (Lipinski definition) is 3. The molecule has 5 nitrogen and oxygen atoms in total. The van der Waals surface area contributed by atoms with Crippen molar-refractivity contribution in [3.8, 4) is 0 Å². The third kappa shape index (κ3) is 3.07. The summed E-state index contributed by atoms with van der Waals surface area (Å²) >= 11 is 0. The molecule has 0 aliphatic carbocycles. The van der Waals surface area contributed by atoms with E-state index in [4.69, 9.17) is 5.11 Å². The predicted octanol–water partition coefficient (Wildman–Crippen LogP) is 2.89. The molecule has 0 radical (unpaired) electrons. The fraction of sp³-hybridized carbons (Fsp3) is 0.357. The molecule has 2 aromatic rings. The van der Waals surface area contributed by atoms with E-state index in [0.29, 0.717) is 0 Å². The highest BCUT2D eigenvalue weighted by Gasteiger charge is 2.34. The first-order chi connectivity index (χ1) is 9.83. The smallest absolute Gasteiger partial charge is 0.358 e. The second-order valence-electron chi connectivity index (χ2n) is 5.01. The van der Waals surface area contributed by atoms with Gasteiger partial charge in [0.1, 0.15) is 6.54 Å². The number of rotatable bonds is 5. The number of aromatic carboxylic acids is 1. The first-order valence-corrected chi connectivity index (χ1v) is 6.43. The van der Waals surface area contributed by atoms with Crippen LogP contribution < -0.4 is 0 Å². The van der Waals surface area contributed by atoms with Gasteiger partial charge in [-0.2, -0.15) is 8.78 Å². The minimum Gasteiger partial charge on any atom is -0.476 e. The second kappa shape index (κ2) is 5.59. The zero-order valence-corrected chi connectivity index (χ0v) is 11.6. The summed E-state index contributed by atoms with van der Waals surface area (Å²) in [4.78, 5) is 11.1. The summed E-state index contributed by atoms with van der Waals surface area (Å²) in [7, 11) is 0. The zero-order valence-electron chi connectivity index (χ0n) is 11.6. The van der Waals surface area contributed by atoms with Crippen LogP contribution in [-0.4, -0.2) is 26.1 Å². The number of nitrogens with zero attached hydrogens (tertiary/aromatic N) is 3. The molecular weight excluding hydrogens is 280 g/mol. The van der Waals surface area contributed by atoms with Crippen LogP contribution in [0.4, 0.5) is 8.78 Å². The highest BCUT2D eigenvalue weighted by molar-refractivity contribution is 5.86. The molecule has 0 fully saturated rings. The molecular formula is C14H15F2N3O2. The molecule has 0 amide bonds. The summed E-state index contributed by atoms with van der Waals surface area (Å²) in [6, 6.07) is 7.35. The van der Waals surface area contributed by atoms with Crippen LogP contribution in [-0.2, 0) is 12.5 Å². The van der Waals surface area contributed by atoms with Crippen molar-refractivity contribution in [2.24, 2.45) is 0 Å². The Hall–Kier alpha value is -2.31. The van der Waals surface area contributed by atoms with Crippen LogP contribution in [0.25, 0.3) is 0 Å². The van der Waals surface area contributed by atoms with Crippen LogP contribution >= 0.6 is 0 Å². The van der Waals surface area contributed by atoms with E-state index in [1.165, 1.54) is 24.3 Å². The molecule has 0 aliphatic heterocycles. The minimum absolute atomic E-state index is 0.146. The van der Waals surface area contributed by atoms with Crippen molar-refractivity contribution in [1.29, 1.82) is 0 Å². The van der Waals surface area contributed by atoms with E-state index in [9.17, 15) is 13.6 Å². The second-order valence-corrected chi connectivity index (χ2v) is 5.01. The maximum Gasteiger partial charge on any atom is 0.358 e. The molecule has 1 N–H and O–H groups in total. The normalized spacial score (nSPS) is 11.9. The van der Waals surface area contributed by atoms with Crippen LogP contribution in [0.3, 0.4) is 0 Å². The third-order valence-electron chi connectivity index (χ3n) is 3.07. The molecule has 1 aromatic heterocycles. The van der Waals surface area contributed by atoms with Gasteiger partial charge in [0.2, 0.25) is 0 Å². The topological polar surface area (TPSA) is 68.0 Å². The van der Waals surface area contributed by atoms with Gasteiger partial charge in [0.05, 0.1) is 5.69 Å². The highest BCUT2D eigenvalue weighted by Crippen LogP contribution is 2.31. The fourth-order valence-electron chi connectivity index (χ4n) is 2.12. The Labute approximate surface area is 120 Å². The Morgan fingerprint density at radius 1 is 1.33 bits per heavy atom. The standard InChI is InChI=1S/C14H15F2N3O2/c1-9(2)12-11(13(20)21)17-18-19(12)8-14(15,16)10-6-4-3-5-7-10/h3-7,9H,8H2,1-2H3,(H,20,21). The van der Waals surface area contributed by atoms with E-state index in [2.05, 4.69) is 10.3 Å². The van der Waals surface area contributed by atoms with E-state index in [1.54, 1.807) is 19.9 Å². The van der Waals surface area contributed by atoms with Crippen LogP contribution in [0.2, 0.25) is 0 Å². The highest BCUT2D eigenvalue weighted by atomic mass is 19.3. The summed E-state index contributed by atoms with van der Waals surface area (Å²) in [5, 5.41) is 16.1. The number of halogens is 2. The van der Waals surface area contributed by atoms with Gasteiger partial charge in [-0.1, -0.05) is 49.4 Å². The van der Waals surface area contributed by atoms with Gasteiger partial charge in [0.15, 0.2) is 5.69 Å². The molecule has 21 heavy (non-hydrogen) atoms. The number of carboxylic acid groups (broad SMARTS) is 1. The predicted molar refractivity (Wildman–Crippen MR) is 71.4 cm³/mol. The summed E-state index contributed by atoms with van der Waals surface area (Å²) in [5.41, 5.74) is -0.237.